The number of halogens is 2. The summed E-state index contributed by atoms with van der Waals surface area (Å²) in [7, 11) is 0. The van der Waals surface area contributed by atoms with E-state index >= 15 is 0 Å². The Morgan fingerprint density at radius 1 is 1.50 bits per heavy atom. The van der Waals surface area contributed by atoms with E-state index in [9.17, 15) is 14.0 Å². The Kier molecular flexibility index (Phi) is 3.96. The molecule has 2 rings (SSSR count). The van der Waals surface area contributed by atoms with Crippen LogP contribution in [0.25, 0.3) is 0 Å². The molecule has 1 heterocycles. The molecule has 1 aromatic rings. The van der Waals surface area contributed by atoms with Gasteiger partial charge in [-0.2, -0.15) is 0 Å². The molecule has 1 fully saturated rings. The number of carbonyl (C=O) groups excluding carboxylic acids is 2. The van der Waals surface area contributed by atoms with Crippen LogP contribution >= 0.6 is 15.9 Å². The van der Waals surface area contributed by atoms with Crippen LogP contribution in [0.5, 0.6) is 0 Å². The van der Waals surface area contributed by atoms with Gasteiger partial charge in [0.05, 0.1) is 5.56 Å². The summed E-state index contributed by atoms with van der Waals surface area (Å²) in [6.07, 6.45) is 1.03. The SMILES string of the molecule is O=C1CCC(NC(=O)c2ccc(F)cc2Br)CN1. The highest BCUT2D eigenvalue weighted by atomic mass is 79.9. The fourth-order valence-electron chi connectivity index (χ4n) is 1.79. The van der Waals surface area contributed by atoms with Crippen LogP contribution in [-0.2, 0) is 4.79 Å². The van der Waals surface area contributed by atoms with Gasteiger partial charge >= 0.3 is 0 Å². The molecule has 2 amide bonds. The Hall–Kier alpha value is -1.43. The largest absolute Gasteiger partial charge is 0.354 e. The van der Waals surface area contributed by atoms with E-state index in [4.69, 9.17) is 0 Å². The first-order valence-corrected chi connectivity index (χ1v) is 6.38. The maximum Gasteiger partial charge on any atom is 0.252 e. The fraction of sp³-hybridized carbons (Fsp3) is 0.333. The molecule has 0 bridgehead atoms. The molecule has 6 heteroatoms. The predicted molar refractivity (Wildman–Crippen MR) is 67.6 cm³/mol. The fourth-order valence-corrected chi connectivity index (χ4v) is 2.32. The van der Waals surface area contributed by atoms with Gasteiger partial charge in [-0.05, 0) is 40.5 Å². The van der Waals surface area contributed by atoms with Gasteiger partial charge in [-0.25, -0.2) is 4.39 Å². The van der Waals surface area contributed by atoms with Crippen molar-refractivity contribution < 1.29 is 14.0 Å². The molecule has 0 saturated carbocycles. The standard InChI is InChI=1S/C12H12BrFN2O2/c13-10-5-7(14)1-3-9(10)12(18)16-8-2-4-11(17)15-6-8/h1,3,5,8H,2,4,6H2,(H,15,17)(H,16,18). The zero-order valence-electron chi connectivity index (χ0n) is 9.50. The molecule has 0 spiro atoms. The van der Waals surface area contributed by atoms with Gasteiger partial charge in [0.25, 0.3) is 5.91 Å². The number of nitrogens with one attached hydrogen (secondary N) is 2. The smallest absolute Gasteiger partial charge is 0.252 e. The Bertz CT molecular complexity index is 483. The molecule has 2 N–H and O–H groups in total. The van der Waals surface area contributed by atoms with Gasteiger partial charge < -0.3 is 10.6 Å². The second kappa shape index (κ2) is 5.48. The quantitative estimate of drug-likeness (QED) is 0.871. The van der Waals surface area contributed by atoms with Crippen molar-refractivity contribution in [1.29, 1.82) is 0 Å². The molecule has 0 radical (unpaired) electrons. The lowest BCUT2D eigenvalue weighted by molar-refractivity contribution is -0.122. The second-order valence-corrected chi connectivity index (χ2v) is 4.99. The third-order valence-electron chi connectivity index (χ3n) is 2.78. The van der Waals surface area contributed by atoms with Crippen molar-refractivity contribution in [2.45, 2.75) is 18.9 Å². The number of carbonyl (C=O) groups is 2. The number of piperidine rings is 1. The number of rotatable bonds is 2. The molecule has 1 aliphatic heterocycles. The van der Waals surface area contributed by atoms with Crippen molar-refractivity contribution in [3.63, 3.8) is 0 Å². The highest BCUT2D eigenvalue weighted by Crippen LogP contribution is 2.18. The monoisotopic (exact) mass is 314 g/mol. The van der Waals surface area contributed by atoms with Crippen molar-refractivity contribution in [3.05, 3.63) is 34.1 Å². The van der Waals surface area contributed by atoms with E-state index in [0.717, 1.165) is 0 Å². The average Bonchev–Trinajstić information content (AvgIpc) is 2.32. The minimum atomic E-state index is -0.400. The summed E-state index contributed by atoms with van der Waals surface area (Å²) in [5.74, 6) is -0.671. The Morgan fingerprint density at radius 2 is 2.28 bits per heavy atom. The van der Waals surface area contributed by atoms with E-state index in [1.165, 1.54) is 18.2 Å². The summed E-state index contributed by atoms with van der Waals surface area (Å²) in [5, 5.41) is 5.50. The second-order valence-electron chi connectivity index (χ2n) is 4.14. The van der Waals surface area contributed by atoms with Crippen molar-refractivity contribution in [2.75, 3.05) is 6.54 Å². The van der Waals surface area contributed by atoms with Crippen LogP contribution in [0.1, 0.15) is 23.2 Å². The number of hydrogen-bond donors (Lipinski definition) is 2. The lowest BCUT2D eigenvalue weighted by atomic mass is 10.1. The van der Waals surface area contributed by atoms with Crippen molar-refractivity contribution in [1.82, 2.24) is 10.6 Å². The average molecular weight is 315 g/mol. The Balaban J connectivity index is 2.01. The molecule has 96 valence electrons. The summed E-state index contributed by atoms with van der Waals surface area (Å²) >= 11 is 3.15. The molecular weight excluding hydrogens is 303 g/mol. The molecule has 0 aromatic heterocycles. The summed E-state index contributed by atoms with van der Waals surface area (Å²) in [6, 6.07) is 3.84. The third-order valence-corrected chi connectivity index (χ3v) is 3.43. The molecule has 4 nitrogen and oxygen atoms in total. The van der Waals surface area contributed by atoms with Gasteiger partial charge in [0, 0.05) is 23.5 Å². The topological polar surface area (TPSA) is 58.2 Å². The van der Waals surface area contributed by atoms with E-state index in [-0.39, 0.29) is 17.9 Å². The highest BCUT2D eigenvalue weighted by Gasteiger charge is 2.21. The van der Waals surface area contributed by atoms with E-state index in [2.05, 4.69) is 26.6 Å². The van der Waals surface area contributed by atoms with E-state index in [1.807, 2.05) is 0 Å². The molecule has 1 atom stereocenters. The summed E-state index contributed by atoms with van der Waals surface area (Å²) < 4.78 is 13.3. The minimum Gasteiger partial charge on any atom is -0.354 e. The first-order chi connectivity index (χ1) is 8.56. The Labute approximate surface area is 112 Å². The number of hydrogen-bond acceptors (Lipinski definition) is 2. The van der Waals surface area contributed by atoms with Crippen LogP contribution in [0, 0.1) is 5.82 Å². The van der Waals surface area contributed by atoms with Crippen molar-refractivity contribution >= 4 is 27.7 Å². The van der Waals surface area contributed by atoms with E-state index in [1.54, 1.807) is 0 Å². The maximum absolute atomic E-state index is 12.9. The molecule has 1 aromatic carbocycles. The van der Waals surface area contributed by atoms with Crippen LogP contribution in [0.2, 0.25) is 0 Å². The number of benzene rings is 1. The predicted octanol–water partition coefficient (Wildman–Crippen LogP) is 1.60. The van der Waals surface area contributed by atoms with Crippen LogP contribution in [0.4, 0.5) is 4.39 Å². The Morgan fingerprint density at radius 3 is 2.89 bits per heavy atom. The summed E-state index contributed by atoms with van der Waals surface area (Å²) in [6.45, 7) is 0.434. The van der Waals surface area contributed by atoms with Crippen molar-refractivity contribution in [3.8, 4) is 0 Å². The molecule has 1 unspecified atom stereocenters. The van der Waals surface area contributed by atoms with Gasteiger partial charge in [0.2, 0.25) is 5.91 Å². The summed E-state index contributed by atoms with van der Waals surface area (Å²) in [5.41, 5.74) is 0.383. The molecule has 1 aliphatic rings. The van der Waals surface area contributed by atoms with Gasteiger partial charge in [-0.1, -0.05) is 0 Å². The zero-order chi connectivity index (χ0) is 13.1. The lowest BCUT2D eigenvalue weighted by Gasteiger charge is -2.23. The van der Waals surface area contributed by atoms with Gasteiger partial charge in [-0.3, -0.25) is 9.59 Å². The van der Waals surface area contributed by atoms with Crippen LogP contribution in [0.3, 0.4) is 0 Å². The lowest BCUT2D eigenvalue weighted by Crippen LogP contribution is -2.47. The maximum atomic E-state index is 12.9. The van der Waals surface area contributed by atoms with Crippen molar-refractivity contribution in [2.24, 2.45) is 0 Å². The number of amides is 2. The van der Waals surface area contributed by atoms with Crippen LogP contribution in [-0.4, -0.2) is 24.4 Å². The molecule has 1 saturated heterocycles. The first-order valence-electron chi connectivity index (χ1n) is 5.59. The zero-order valence-corrected chi connectivity index (χ0v) is 11.1. The van der Waals surface area contributed by atoms with Crippen LogP contribution in [0.15, 0.2) is 22.7 Å². The van der Waals surface area contributed by atoms with Gasteiger partial charge in [0.1, 0.15) is 5.82 Å². The summed E-state index contributed by atoms with van der Waals surface area (Å²) in [4.78, 5) is 22.9. The van der Waals surface area contributed by atoms with E-state index < -0.39 is 5.82 Å². The third kappa shape index (κ3) is 3.07. The van der Waals surface area contributed by atoms with Gasteiger partial charge in [0.15, 0.2) is 0 Å². The minimum absolute atomic E-state index is 0.00321. The highest BCUT2D eigenvalue weighted by molar-refractivity contribution is 9.10. The molecule has 18 heavy (non-hydrogen) atoms. The van der Waals surface area contributed by atoms with Crippen LogP contribution < -0.4 is 10.6 Å². The van der Waals surface area contributed by atoms with Gasteiger partial charge in [-0.15, -0.1) is 0 Å². The molecule has 0 aliphatic carbocycles. The molecular formula is C12H12BrFN2O2. The van der Waals surface area contributed by atoms with E-state index in [0.29, 0.717) is 29.4 Å². The normalized spacial score (nSPS) is 19.2. The first kappa shape index (κ1) is 13.0.